The summed E-state index contributed by atoms with van der Waals surface area (Å²) in [5.41, 5.74) is 0. The molecule has 0 aliphatic heterocycles. The molecule has 2 aromatic rings. The largest absolute Gasteiger partial charge is 0.507 e. The zero-order valence-electron chi connectivity index (χ0n) is 8.77. The van der Waals surface area contributed by atoms with E-state index < -0.39 is 38.8 Å². The third kappa shape index (κ3) is 1.87. The van der Waals surface area contributed by atoms with Crippen molar-refractivity contribution in [3.05, 3.63) is 18.2 Å². The number of hydrogen-bond donors (Lipinski definition) is 7. The smallest absolute Gasteiger partial charge is 0.200 e. The van der Waals surface area contributed by atoms with Crippen molar-refractivity contribution in [2.24, 2.45) is 0 Å². The summed E-state index contributed by atoms with van der Waals surface area (Å²) in [6.45, 7) is 0. The van der Waals surface area contributed by atoms with Crippen molar-refractivity contribution < 1.29 is 34.1 Å². The summed E-state index contributed by atoms with van der Waals surface area (Å²) < 4.78 is 27.2. The van der Waals surface area contributed by atoms with E-state index in [1.165, 1.54) is 0 Å². The van der Waals surface area contributed by atoms with Crippen LogP contribution in [-0.4, -0.2) is 34.1 Å². The van der Waals surface area contributed by atoms with Gasteiger partial charge in [-0.2, -0.15) is 0 Å². The van der Waals surface area contributed by atoms with Crippen molar-refractivity contribution in [3.63, 3.8) is 0 Å². The lowest BCUT2D eigenvalue weighted by atomic mass is 10.1. The van der Waals surface area contributed by atoms with Crippen LogP contribution in [0.1, 0.15) is 0 Å². The quantitative estimate of drug-likeness (QED) is 0.395. The second-order valence-electron chi connectivity index (χ2n) is 3.65. The van der Waals surface area contributed by atoms with E-state index in [0.29, 0.717) is 0 Å². The number of benzene rings is 2. The minimum atomic E-state index is -4.07. The number of hydrogen-bond acceptors (Lipinski definition) is 7. The molecule has 0 spiro atoms. The topological polar surface area (TPSA) is 142 Å². The van der Waals surface area contributed by atoms with Gasteiger partial charge in [0, 0.05) is 10.8 Å². The average Bonchev–Trinajstić information content (AvgIpc) is 2.26. The van der Waals surface area contributed by atoms with Gasteiger partial charge in [0.1, 0.15) is 16.6 Å². The number of rotatable bonds is 1. The number of phenolic OH excluding ortho intramolecular Hbond substituents is 4. The fourth-order valence-electron chi connectivity index (χ4n) is 1.57. The molecule has 0 atom stereocenters. The second kappa shape index (κ2) is 3.82. The molecule has 0 saturated heterocycles. The number of aromatic hydroxyl groups is 4. The fraction of sp³-hybridized carbons (Fsp3) is 0. The highest BCUT2D eigenvalue weighted by Crippen LogP contribution is 2.50. The molecule has 0 fully saturated rings. The Hall–Kier alpha value is -1.87. The van der Waals surface area contributed by atoms with Crippen LogP contribution in [0.3, 0.4) is 0 Å². The van der Waals surface area contributed by atoms with Gasteiger partial charge in [-0.15, -0.1) is 0 Å². The van der Waals surface area contributed by atoms with E-state index in [-0.39, 0.29) is 10.8 Å². The molecule has 0 bridgehead atoms. The summed E-state index contributed by atoms with van der Waals surface area (Å²) >= 11 is 0. The predicted molar refractivity (Wildman–Crippen MR) is 64.4 cm³/mol. The Morgan fingerprint density at radius 3 is 1.83 bits per heavy atom. The lowest BCUT2D eigenvalue weighted by Crippen LogP contribution is -1.95. The lowest BCUT2D eigenvalue weighted by molar-refractivity contribution is 0.370. The molecule has 98 valence electrons. The highest BCUT2D eigenvalue weighted by atomic mass is 32.3. The van der Waals surface area contributed by atoms with E-state index in [4.69, 9.17) is 13.7 Å². The Kier molecular flexibility index (Phi) is 2.67. The van der Waals surface area contributed by atoms with Crippen LogP contribution in [0.5, 0.6) is 23.0 Å². The lowest BCUT2D eigenvalue weighted by Gasteiger charge is -2.20. The van der Waals surface area contributed by atoms with Crippen molar-refractivity contribution in [3.8, 4) is 23.0 Å². The maximum Gasteiger partial charge on any atom is 0.200 e. The SMILES string of the molecule is Oc1cc2c(O)cc(S(O)(O)O)cc2c(O)c1O. The molecule has 0 radical (unpaired) electrons. The minimum Gasteiger partial charge on any atom is -0.507 e. The molecule has 18 heavy (non-hydrogen) atoms. The van der Waals surface area contributed by atoms with Gasteiger partial charge >= 0.3 is 0 Å². The summed E-state index contributed by atoms with van der Waals surface area (Å²) in [4.78, 5) is -0.423. The van der Waals surface area contributed by atoms with E-state index in [2.05, 4.69) is 0 Å². The molecule has 2 aromatic carbocycles. The van der Waals surface area contributed by atoms with Crippen molar-refractivity contribution in [2.45, 2.75) is 4.90 Å². The molecule has 0 aliphatic rings. The van der Waals surface area contributed by atoms with Crippen LogP contribution in [0.4, 0.5) is 0 Å². The summed E-state index contributed by atoms with van der Waals surface area (Å²) in [6, 6.07) is 2.86. The van der Waals surface area contributed by atoms with Gasteiger partial charge in [-0.05, 0) is 18.2 Å². The van der Waals surface area contributed by atoms with Gasteiger partial charge in [0.2, 0.25) is 5.75 Å². The molecule has 0 amide bonds. The van der Waals surface area contributed by atoms with Gasteiger partial charge in [-0.3, -0.25) is 0 Å². The molecule has 7 N–H and O–H groups in total. The zero-order valence-corrected chi connectivity index (χ0v) is 9.59. The van der Waals surface area contributed by atoms with E-state index in [1.807, 2.05) is 0 Å². The van der Waals surface area contributed by atoms with Gasteiger partial charge in [-0.1, -0.05) is 0 Å². The van der Waals surface area contributed by atoms with Gasteiger partial charge in [0.25, 0.3) is 0 Å². The molecule has 0 aliphatic carbocycles. The molecule has 0 aromatic heterocycles. The summed E-state index contributed by atoms with van der Waals surface area (Å²) in [5.74, 6) is -2.69. The Labute approximate surface area is 102 Å². The highest BCUT2D eigenvalue weighted by molar-refractivity contribution is 8.19. The predicted octanol–water partition coefficient (Wildman–Crippen LogP) is 2.24. The molecule has 8 heteroatoms. The van der Waals surface area contributed by atoms with Crippen molar-refractivity contribution in [1.29, 1.82) is 0 Å². The van der Waals surface area contributed by atoms with Crippen molar-refractivity contribution >= 4 is 21.6 Å². The maximum absolute atomic E-state index is 9.63. The van der Waals surface area contributed by atoms with E-state index in [9.17, 15) is 20.4 Å². The van der Waals surface area contributed by atoms with Crippen molar-refractivity contribution in [1.82, 2.24) is 0 Å². The van der Waals surface area contributed by atoms with Gasteiger partial charge in [-0.25, -0.2) is 0 Å². The first kappa shape index (κ1) is 12.6. The van der Waals surface area contributed by atoms with Gasteiger partial charge in [0.15, 0.2) is 11.5 Å². The Balaban J connectivity index is 2.88. The van der Waals surface area contributed by atoms with E-state index in [1.54, 1.807) is 0 Å². The van der Waals surface area contributed by atoms with Crippen LogP contribution >= 0.6 is 10.9 Å². The maximum atomic E-state index is 9.63. The van der Waals surface area contributed by atoms with Crippen molar-refractivity contribution in [2.75, 3.05) is 0 Å². The third-order valence-corrected chi connectivity index (χ3v) is 3.32. The molecular formula is C10H10O7S. The van der Waals surface area contributed by atoms with Crippen LogP contribution in [-0.2, 0) is 0 Å². The Morgan fingerprint density at radius 1 is 0.667 bits per heavy atom. The van der Waals surface area contributed by atoms with Crippen LogP contribution in [0.15, 0.2) is 23.1 Å². The minimum absolute atomic E-state index is 0.0183. The molecule has 7 nitrogen and oxygen atoms in total. The highest BCUT2D eigenvalue weighted by Gasteiger charge is 2.21. The monoisotopic (exact) mass is 274 g/mol. The van der Waals surface area contributed by atoms with E-state index >= 15 is 0 Å². The van der Waals surface area contributed by atoms with Crippen LogP contribution in [0, 0.1) is 0 Å². The Morgan fingerprint density at radius 2 is 1.28 bits per heavy atom. The number of phenols is 4. The average molecular weight is 274 g/mol. The number of fused-ring (bicyclic) bond motifs is 1. The molecule has 0 saturated carbocycles. The van der Waals surface area contributed by atoms with Gasteiger partial charge in [0.05, 0.1) is 4.90 Å². The fourth-order valence-corrected chi connectivity index (χ4v) is 2.12. The van der Waals surface area contributed by atoms with Crippen LogP contribution < -0.4 is 0 Å². The first-order chi connectivity index (χ1) is 8.21. The molecule has 0 unspecified atom stereocenters. The molecule has 2 rings (SSSR count). The summed E-state index contributed by atoms with van der Waals surface area (Å²) in [5, 5.41) is 37.7. The molecular weight excluding hydrogens is 264 g/mol. The third-order valence-electron chi connectivity index (χ3n) is 2.45. The zero-order chi connectivity index (χ0) is 13.7. The summed E-state index contributed by atoms with van der Waals surface area (Å²) in [7, 11) is -4.07. The molecule has 0 heterocycles. The summed E-state index contributed by atoms with van der Waals surface area (Å²) in [6.07, 6.45) is 0. The van der Waals surface area contributed by atoms with Gasteiger partial charge < -0.3 is 34.1 Å². The van der Waals surface area contributed by atoms with E-state index in [0.717, 1.165) is 18.2 Å². The Bertz CT molecular complexity index is 632. The first-order valence-corrected chi connectivity index (χ1v) is 6.13. The second-order valence-corrected chi connectivity index (χ2v) is 5.16. The first-order valence-electron chi connectivity index (χ1n) is 4.63. The normalized spacial score (nSPS) is 12.8. The van der Waals surface area contributed by atoms with Crippen LogP contribution in [0.25, 0.3) is 10.8 Å². The van der Waals surface area contributed by atoms with Crippen LogP contribution in [0.2, 0.25) is 0 Å². The standard InChI is InChI=1S/C10H10O7S/c11-7-2-4(18(15,16)17)1-6-5(7)3-8(12)10(14)9(6)13/h1-3,11-17H.